The predicted molar refractivity (Wildman–Crippen MR) is 65.3 cm³/mol. The van der Waals surface area contributed by atoms with Crippen molar-refractivity contribution in [1.82, 2.24) is 15.5 Å². The molecule has 5 heteroatoms. The van der Waals surface area contributed by atoms with E-state index in [1.165, 1.54) is 0 Å². The summed E-state index contributed by atoms with van der Waals surface area (Å²) in [7, 11) is 3.81. The molecule has 1 unspecified atom stereocenters. The summed E-state index contributed by atoms with van der Waals surface area (Å²) >= 11 is 0. The normalized spacial score (nSPS) is 14.9. The molecular weight excluding hydrogens is 206 g/mol. The summed E-state index contributed by atoms with van der Waals surface area (Å²) in [5, 5.41) is 15.7. The van der Waals surface area contributed by atoms with Crippen LogP contribution in [-0.2, 0) is 4.79 Å². The SMILES string of the molecule is CCCNC(=O)CNCC(C)(O)CN(C)C. The van der Waals surface area contributed by atoms with Gasteiger partial charge in [-0.25, -0.2) is 0 Å². The first kappa shape index (κ1) is 15.3. The molecule has 16 heavy (non-hydrogen) atoms. The number of rotatable bonds is 8. The predicted octanol–water partition coefficient (Wildman–Crippen LogP) is -0.585. The van der Waals surface area contributed by atoms with Gasteiger partial charge in [-0.3, -0.25) is 4.79 Å². The minimum absolute atomic E-state index is 0.0255. The molecule has 0 bridgehead atoms. The highest BCUT2D eigenvalue weighted by Crippen LogP contribution is 2.01. The first-order valence-corrected chi connectivity index (χ1v) is 5.72. The number of hydrogen-bond donors (Lipinski definition) is 3. The number of carbonyl (C=O) groups is 1. The fourth-order valence-electron chi connectivity index (χ4n) is 1.51. The molecule has 0 aromatic heterocycles. The summed E-state index contributed by atoms with van der Waals surface area (Å²) in [6.45, 7) is 5.69. The van der Waals surface area contributed by atoms with E-state index in [1.54, 1.807) is 6.92 Å². The highest BCUT2D eigenvalue weighted by Gasteiger charge is 2.20. The Hall–Kier alpha value is -0.650. The molecular formula is C11H25N3O2. The Kier molecular flexibility index (Phi) is 7.29. The van der Waals surface area contributed by atoms with Crippen molar-refractivity contribution in [3.63, 3.8) is 0 Å². The van der Waals surface area contributed by atoms with E-state index < -0.39 is 5.60 Å². The van der Waals surface area contributed by atoms with E-state index in [2.05, 4.69) is 10.6 Å². The molecule has 0 rings (SSSR count). The molecule has 0 spiro atoms. The minimum atomic E-state index is -0.811. The summed E-state index contributed by atoms with van der Waals surface area (Å²) in [6.07, 6.45) is 0.935. The maximum absolute atomic E-state index is 11.2. The van der Waals surface area contributed by atoms with Crippen LogP contribution in [0.4, 0.5) is 0 Å². The van der Waals surface area contributed by atoms with Crippen molar-refractivity contribution in [2.24, 2.45) is 0 Å². The third kappa shape index (κ3) is 8.64. The van der Waals surface area contributed by atoms with E-state index in [0.29, 0.717) is 19.6 Å². The van der Waals surface area contributed by atoms with E-state index in [4.69, 9.17) is 0 Å². The van der Waals surface area contributed by atoms with Gasteiger partial charge in [-0.05, 0) is 27.4 Å². The number of aliphatic hydroxyl groups is 1. The van der Waals surface area contributed by atoms with E-state index >= 15 is 0 Å². The lowest BCUT2D eigenvalue weighted by Crippen LogP contribution is -2.47. The van der Waals surface area contributed by atoms with Gasteiger partial charge in [0.25, 0.3) is 0 Å². The standard InChI is InChI=1S/C11H25N3O2/c1-5-6-13-10(15)7-12-8-11(2,16)9-14(3)4/h12,16H,5-9H2,1-4H3,(H,13,15). The number of carbonyl (C=O) groups excluding carboxylic acids is 1. The van der Waals surface area contributed by atoms with Crippen molar-refractivity contribution in [1.29, 1.82) is 0 Å². The highest BCUT2D eigenvalue weighted by molar-refractivity contribution is 5.77. The Morgan fingerprint density at radius 3 is 2.56 bits per heavy atom. The molecule has 0 saturated heterocycles. The number of nitrogens with one attached hydrogen (secondary N) is 2. The molecule has 1 atom stereocenters. The van der Waals surface area contributed by atoms with Crippen LogP contribution in [0.3, 0.4) is 0 Å². The molecule has 0 aliphatic heterocycles. The zero-order valence-electron chi connectivity index (χ0n) is 10.8. The molecule has 0 heterocycles. The van der Waals surface area contributed by atoms with E-state index in [-0.39, 0.29) is 12.5 Å². The molecule has 3 N–H and O–H groups in total. The number of likely N-dealkylation sites (N-methyl/N-ethyl adjacent to an activating group) is 1. The lowest BCUT2D eigenvalue weighted by atomic mass is 10.1. The Balaban J connectivity index is 3.67. The third-order valence-corrected chi connectivity index (χ3v) is 2.02. The summed E-state index contributed by atoms with van der Waals surface area (Å²) in [4.78, 5) is 13.2. The van der Waals surface area contributed by atoms with Gasteiger partial charge in [0, 0.05) is 19.6 Å². The molecule has 0 aliphatic carbocycles. The molecule has 0 aromatic rings. The van der Waals surface area contributed by atoms with Crippen LogP contribution in [0.1, 0.15) is 20.3 Å². The van der Waals surface area contributed by atoms with E-state index in [1.807, 2.05) is 25.9 Å². The fraction of sp³-hybridized carbons (Fsp3) is 0.909. The van der Waals surface area contributed by atoms with Gasteiger partial charge in [0.05, 0.1) is 12.1 Å². The maximum Gasteiger partial charge on any atom is 0.233 e. The van der Waals surface area contributed by atoms with Crippen molar-refractivity contribution in [3.8, 4) is 0 Å². The average Bonchev–Trinajstić information content (AvgIpc) is 2.12. The van der Waals surface area contributed by atoms with Gasteiger partial charge >= 0.3 is 0 Å². The lowest BCUT2D eigenvalue weighted by Gasteiger charge is -2.27. The largest absolute Gasteiger partial charge is 0.388 e. The smallest absolute Gasteiger partial charge is 0.233 e. The van der Waals surface area contributed by atoms with Gasteiger partial charge in [-0.2, -0.15) is 0 Å². The summed E-state index contributed by atoms with van der Waals surface area (Å²) in [5.74, 6) is -0.0255. The molecule has 0 radical (unpaired) electrons. The first-order chi connectivity index (χ1) is 7.37. The van der Waals surface area contributed by atoms with Crippen LogP contribution in [0.25, 0.3) is 0 Å². The fourth-order valence-corrected chi connectivity index (χ4v) is 1.51. The van der Waals surface area contributed by atoms with Crippen LogP contribution in [0.15, 0.2) is 0 Å². The number of amides is 1. The lowest BCUT2D eigenvalue weighted by molar-refractivity contribution is -0.120. The van der Waals surface area contributed by atoms with Crippen LogP contribution >= 0.6 is 0 Å². The van der Waals surface area contributed by atoms with Gasteiger partial charge < -0.3 is 20.6 Å². The molecule has 0 aliphatic rings. The Labute approximate surface area is 98.2 Å². The van der Waals surface area contributed by atoms with Crippen LogP contribution in [0.5, 0.6) is 0 Å². The summed E-state index contributed by atoms with van der Waals surface area (Å²) in [6, 6.07) is 0. The second-order valence-electron chi connectivity index (χ2n) is 4.69. The van der Waals surface area contributed by atoms with Gasteiger partial charge in [-0.1, -0.05) is 6.92 Å². The quantitative estimate of drug-likeness (QED) is 0.523. The third-order valence-electron chi connectivity index (χ3n) is 2.02. The van der Waals surface area contributed by atoms with Gasteiger partial charge in [-0.15, -0.1) is 0 Å². The van der Waals surface area contributed by atoms with Crippen molar-refractivity contribution in [3.05, 3.63) is 0 Å². The average molecular weight is 231 g/mol. The Morgan fingerprint density at radius 2 is 2.06 bits per heavy atom. The topological polar surface area (TPSA) is 64.6 Å². The van der Waals surface area contributed by atoms with Crippen molar-refractivity contribution in [2.75, 3.05) is 40.3 Å². The summed E-state index contributed by atoms with van der Waals surface area (Å²) in [5.41, 5.74) is -0.811. The number of hydrogen-bond acceptors (Lipinski definition) is 4. The molecule has 1 amide bonds. The summed E-state index contributed by atoms with van der Waals surface area (Å²) < 4.78 is 0. The Morgan fingerprint density at radius 1 is 1.44 bits per heavy atom. The molecule has 0 fully saturated rings. The van der Waals surface area contributed by atoms with Crippen LogP contribution in [0, 0.1) is 0 Å². The molecule has 96 valence electrons. The first-order valence-electron chi connectivity index (χ1n) is 5.72. The van der Waals surface area contributed by atoms with E-state index in [9.17, 15) is 9.90 Å². The number of nitrogens with zero attached hydrogens (tertiary/aromatic N) is 1. The van der Waals surface area contributed by atoms with Gasteiger partial charge in [0.15, 0.2) is 0 Å². The van der Waals surface area contributed by atoms with Crippen LogP contribution in [0.2, 0.25) is 0 Å². The van der Waals surface area contributed by atoms with Gasteiger partial charge in [0.1, 0.15) is 0 Å². The minimum Gasteiger partial charge on any atom is -0.388 e. The second-order valence-corrected chi connectivity index (χ2v) is 4.69. The highest BCUT2D eigenvalue weighted by atomic mass is 16.3. The van der Waals surface area contributed by atoms with Crippen molar-refractivity contribution in [2.45, 2.75) is 25.9 Å². The van der Waals surface area contributed by atoms with Gasteiger partial charge in [0.2, 0.25) is 5.91 Å². The monoisotopic (exact) mass is 231 g/mol. The Bertz CT molecular complexity index is 205. The van der Waals surface area contributed by atoms with E-state index in [0.717, 1.165) is 6.42 Å². The molecule has 0 aromatic carbocycles. The van der Waals surface area contributed by atoms with Crippen molar-refractivity contribution >= 4 is 5.91 Å². The maximum atomic E-state index is 11.2. The van der Waals surface area contributed by atoms with Crippen LogP contribution in [-0.4, -0.2) is 61.8 Å². The van der Waals surface area contributed by atoms with Crippen LogP contribution < -0.4 is 10.6 Å². The zero-order chi connectivity index (χ0) is 12.6. The molecule has 0 saturated carbocycles. The second kappa shape index (κ2) is 7.60. The zero-order valence-corrected chi connectivity index (χ0v) is 10.8. The molecule has 5 nitrogen and oxygen atoms in total. The van der Waals surface area contributed by atoms with Crippen molar-refractivity contribution < 1.29 is 9.90 Å².